The lowest BCUT2D eigenvalue weighted by Gasteiger charge is -2.11. The lowest BCUT2D eigenvalue weighted by atomic mass is 10.1. The fraction of sp³-hybridized carbons (Fsp3) is 0.250. The van der Waals surface area contributed by atoms with Crippen molar-refractivity contribution in [3.05, 3.63) is 60.9 Å². The summed E-state index contributed by atoms with van der Waals surface area (Å²) in [5, 5.41) is 5.72. The molecule has 0 radical (unpaired) electrons. The van der Waals surface area contributed by atoms with E-state index in [0.717, 1.165) is 53.3 Å². The number of aldehydes is 1. The highest BCUT2D eigenvalue weighted by atomic mass is 16.5. The number of aromatic nitrogens is 4. The summed E-state index contributed by atoms with van der Waals surface area (Å²) >= 11 is 0. The van der Waals surface area contributed by atoms with Gasteiger partial charge < -0.3 is 25.9 Å². The molecule has 2 aromatic heterocycles. The standard InChI is InChI=1S/C22H22N6O.C2H5NO/c1-27-12-11-16(13-27)28-22-19(21(23)24-14-25-22)20(26-28)15-7-9-18(10-8-15)29-17-5-3-2-4-6-17;3-1-2-4/h2-10,14,16H,11-13H2,1H3,(H2,23,24,25);2H,1,3H2. The van der Waals surface area contributed by atoms with Crippen LogP contribution < -0.4 is 16.2 Å². The van der Waals surface area contributed by atoms with Gasteiger partial charge in [0.15, 0.2) is 5.65 Å². The quantitative estimate of drug-likeness (QED) is 0.449. The zero-order valence-electron chi connectivity index (χ0n) is 18.5. The zero-order chi connectivity index (χ0) is 23.2. The molecule has 0 amide bonds. The number of nitrogens with zero attached hydrogens (tertiary/aromatic N) is 5. The summed E-state index contributed by atoms with van der Waals surface area (Å²) in [6, 6.07) is 17.9. The fourth-order valence-electron chi connectivity index (χ4n) is 3.87. The molecule has 4 N–H and O–H groups in total. The Labute approximate surface area is 192 Å². The SMILES string of the molecule is CN1CCC(n2nc(-c3ccc(Oc4ccccc4)cc3)c3c(N)ncnc32)C1.NCC=O. The average Bonchev–Trinajstić information content (AvgIpc) is 3.45. The second-order valence-electron chi connectivity index (χ2n) is 7.80. The molecular formula is C24H27N7O2. The minimum atomic E-state index is 0.139. The molecule has 0 saturated carbocycles. The number of carbonyl (C=O) groups excluding carboxylic acids is 1. The molecule has 2 aromatic carbocycles. The summed E-state index contributed by atoms with van der Waals surface area (Å²) < 4.78 is 7.91. The monoisotopic (exact) mass is 445 g/mol. The Kier molecular flexibility index (Phi) is 6.92. The van der Waals surface area contributed by atoms with Crippen molar-refractivity contribution in [2.75, 3.05) is 32.4 Å². The van der Waals surface area contributed by atoms with Crippen molar-refractivity contribution in [2.24, 2.45) is 5.73 Å². The molecule has 9 heteroatoms. The van der Waals surface area contributed by atoms with E-state index < -0.39 is 0 Å². The van der Waals surface area contributed by atoms with E-state index in [9.17, 15) is 0 Å². The molecule has 1 aliphatic heterocycles. The largest absolute Gasteiger partial charge is 0.457 e. The number of benzene rings is 2. The maximum absolute atomic E-state index is 9.05. The van der Waals surface area contributed by atoms with Gasteiger partial charge in [0, 0.05) is 25.2 Å². The molecule has 0 bridgehead atoms. The van der Waals surface area contributed by atoms with Crippen LogP contribution >= 0.6 is 0 Å². The van der Waals surface area contributed by atoms with Crippen molar-refractivity contribution in [2.45, 2.75) is 12.5 Å². The molecule has 3 heterocycles. The van der Waals surface area contributed by atoms with E-state index in [2.05, 4.69) is 27.6 Å². The van der Waals surface area contributed by atoms with Gasteiger partial charge >= 0.3 is 0 Å². The molecule has 1 unspecified atom stereocenters. The zero-order valence-corrected chi connectivity index (χ0v) is 18.5. The number of likely N-dealkylation sites (N-methyl/N-ethyl adjacent to an activating group) is 1. The van der Waals surface area contributed by atoms with E-state index in [1.54, 1.807) is 0 Å². The highest BCUT2D eigenvalue weighted by Crippen LogP contribution is 2.34. The van der Waals surface area contributed by atoms with E-state index in [4.69, 9.17) is 20.4 Å². The van der Waals surface area contributed by atoms with Crippen LogP contribution in [-0.2, 0) is 4.79 Å². The van der Waals surface area contributed by atoms with Gasteiger partial charge in [0.05, 0.1) is 11.4 Å². The van der Waals surface area contributed by atoms with Gasteiger partial charge in [0.25, 0.3) is 0 Å². The molecule has 5 rings (SSSR count). The number of likely N-dealkylation sites (tertiary alicyclic amines) is 1. The van der Waals surface area contributed by atoms with Crippen molar-refractivity contribution < 1.29 is 9.53 Å². The van der Waals surface area contributed by atoms with Crippen LogP contribution in [0.15, 0.2) is 60.9 Å². The van der Waals surface area contributed by atoms with Crippen LogP contribution in [0.25, 0.3) is 22.3 Å². The molecular weight excluding hydrogens is 418 g/mol. The van der Waals surface area contributed by atoms with Gasteiger partial charge in [-0.2, -0.15) is 5.10 Å². The van der Waals surface area contributed by atoms with Gasteiger partial charge in [-0.25, -0.2) is 14.6 Å². The summed E-state index contributed by atoms with van der Waals surface area (Å²) in [5.74, 6) is 2.02. The molecule has 9 nitrogen and oxygen atoms in total. The maximum atomic E-state index is 9.05. The van der Waals surface area contributed by atoms with E-state index in [1.807, 2.05) is 59.3 Å². The smallest absolute Gasteiger partial charge is 0.164 e. The third-order valence-corrected chi connectivity index (χ3v) is 5.43. The lowest BCUT2D eigenvalue weighted by Crippen LogP contribution is -2.17. The molecule has 1 aliphatic rings. The normalized spacial score (nSPS) is 15.8. The van der Waals surface area contributed by atoms with Gasteiger partial charge in [-0.1, -0.05) is 18.2 Å². The minimum absolute atomic E-state index is 0.139. The van der Waals surface area contributed by atoms with Gasteiger partial charge in [-0.05, 0) is 49.9 Å². The number of para-hydroxylation sites is 1. The molecule has 0 aliphatic carbocycles. The summed E-state index contributed by atoms with van der Waals surface area (Å²) in [4.78, 5) is 20.0. The number of fused-ring (bicyclic) bond motifs is 1. The molecule has 4 aromatic rings. The Morgan fingerprint density at radius 1 is 1.09 bits per heavy atom. The fourth-order valence-corrected chi connectivity index (χ4v) is 3.87. The van der Waals surface area contributed by atoms with Crippen LogP contribution in [0.5, 0.6) is 11.5 Å². The van der Waals surface area contributed by atoms with Gasteiger partial charge in [0.1, 0.15) is 35.6 Å². The Morgan fingerprint density at radius 2 is 1.79 bits per heavy atom. The van der Waals surface area contributed by atoms with Crippen molar-refractivity contribution in [1.82, 2.24) is 24.6 Å². The van der Waals surface area contributed by atoms with Crippen LogP contribution in [0.2, 0.25) is 0 Å². The topological polar surface area (TPSA) is 125 Å². The first-order chi connectivity index (χ1) is 16.1. The molecule has 0 spiro atoms. The number of nitrogen functional groups attached to an aromatic ring is 1. The summed E-state index contributed by atoms with van der Waals surface area (Å²) in [7, 11) is 2.13. The van der Waals surface area contributed by atoms with Crippen LogP contribution in [0.4, 0.5) is 5.82 Å². The van der Waals surface area contributed by atoms with Crippen molar-refractivity contribution >= 4 is 23.1 Å². The number of hydrogen-bond acceptors (Lipinski definition) is 8. The van der Waals surface area contributed by atoms with Crippen molar-refractivity contribution in [3.63, 3.8) is 0 Å². The lowest BCUT2D eigenvalue weighted by molar-refractivity contribution is -0.106. The molecule has 33 heavy (non-hydrogen) atoms. The highest BCUT2D eigenvalue weighted by molar-refractivity contribution is 5.98. The van der Waals surface area contributed by atoms with E-state index in [0.29, 0.717) is 12.1 Å². The first kappa shape index (κ1) is 22.4. The van der Waals surface area contributed by atoms with Gasteiger partial charge in [-0.15, -0.1) is 0 Å². The van der Waals surface area contributed by atoms with E-state index in [-0.39, 0.29) is 12.6 Å². The van der Waals surface area contributed by atoms with Crippen molar-refractivity contribution in [1.29, 1.82) is 0 Å². The number of hydrogen-bond donors (Lipinski definition) is 2. The van der Waals surface area contributed by atoms with Crippen LogP contribution in [0, 0.1) is 0 Å². The third kappa shape index (κ3) is 5.00. The van der Waals surface area contributed by atoms with Crippen molar-refractivity contribution in [3.8, 4) is 22.8 Å². The van der Waals surface area contributed by atoms with E-state index >= 15 is 0 Å². The Morgan fingerprint density at radius 3 is 2.42 bits per heavy atom. The maximum Gasteiger partial charge on any atom is 0.164 e. The molecule has 1 atom stereocenters. The van der Waals surface area contributed by atoms with Gasteiger partial charge in [0.2, 0.25) is 0 Å². The van der Waals surface area contributed by atoms with Gasteiger partial charge in [-0.3, -0.25) is 0 Å². The molecule has 1 saturated heterocycles. The number of anilines is 1. The van der Waals surface area contributed by atoms with E-state index in [1.165, 1.54) is 6.33 Å². The van der Waals surface area contributed by atoms with Crippen LogP contribution in [0.3, 0.4) is 0 Å². The predicted molar refractivity (Wildman–Crippen MR) is 128 cm³/mol. The summed E-state index contributed by atoms with van der Waals surface area (Å²) in [6.07, 6.45) is 3.20. The Balaban J connectivity index is 0.000000601. The van der Waals surface area contributed by atoms with Crippen LogP contribution in [0.1, 0.15) is 12.5 Å². The third-order valence-electron chi connectivity index (χ3n) is 5.43. The Hall–Kier alpha value is -3.82. The first-order valence-corrected chi connectivity index (χ1v) is 10.7. The molecule has 1 fully saturated rings. The molecule has 170 valence electrons. The second kappa shape index (κ2) is 10.2. The number of nitrogens with two attached hydrogens (primary N) is 2. The predicted octanol–water partition coefficient (Wildman–Crippen LogP) is 2.89. The number of rotatable bonds is 5. The number of ether oxygens (including phenoxy) is 1. The average molecular weight is 446 g/mol. The second-order valence-corrected chi connectivity index (χ2v) is 7.80. The highest BCUT2D eigenvalue weighted by Gasteiger charge is 2.26. The van der Waals surface area contributed by atoms with Crippen LogP contribution in [-0.4, -0.2) is 57.6 Å². The first-order valence-electron chi connectivity index (χ1n) is 10.7. The number of carbonyl (C=O) groups is 1. The summed E-state index contributed by atoms with van der Waals surface area (Å²) in [6.45, 7) is 2.14. The minimum Gasteiger partial charge on any atom is -0.457 e. The Bertz CT molecular complexity index is 1210. The summed E-state index contributed by atoms with van der Waals surface area (Å²) in [5.41, 5.74) is 13.4.